The molecule has 0 radical (unpaired) electrons. The Labute approximate surface area is 155 Å². The molecule has 1 aromatic heterocycles. The first-order chi connectivity index (χ1) is 11.6. The highest BCUT2D eigenvalue weighted by atomic mass is 79.9. The number of thiazole rings is 1. The summed E-state index contributed by atoms with van der Waals surface area (Å²) in [6.07, 6.45) is 0. The van der Waals surface area contributed by atoms with Crippen molar-refractivity contribution < 1.29 is 9.18 Å². The van der Waals surface area contributed by atoms with E-state index in [-0.39, 0.29) is 17.5 Å². The minimum atomic E-state index is -0.271. The second-order valence-corrected chi connectivity index (χ2v) is 7.85. The maximum absolute atomic E-state index is 13.0. The highest BCUT2D eigenvalue weighted by Crippen LogP contribution is 2.28. The minimum Gasteiger partial charge on any atom is -0.325 e. The smallest absolute Gasteiger partial charge is 0.234 e. The first-order valence-electron chi connectivity index (χ1n) is 7.00. The number of amides is 1. The summed E-state index contributed by atoms with van der Waals surface area (Å²) < 4.78 is 14.7. The van der Waals surface area contributed by atoms with E-state index in [2.05, 4.69) is 26.2 Å². The summed E-state index contributed by atoms with van der Waals surface area (Å²) in [5.74, 6) is -0.0764. The third kappa shape index (κ3) is 4.66. The van der Waals surface area contributed by atoms with Gasteiger partial charge in [-0.05, 0) is 42.5 Å². The summed E-state index contributed by atoms with van der Waals surface area (Å²) in [5.41, 5.74) is 2.40. The largest absolute Gasteiger partial charge is 0.325 e. The van der Waals surface area contributed by atoms with Crippen molar-refractivity contribution in [3.63, 3.8) is 0 Å². The van der Waals surface area contributed by atoms with Crippen molar-refractivity contribution in [1.82, 2.24) is 4.98 Å². The van der Waals surface area contributed by atoms with Crippen LogP contribution in [-0.4, -0.2) is 16.6 Å². The van der Waals surface area contributed by atoms with Gasteiger partial charge in [-0.2, -0.15) is 0 Å². The molecular formula is C17H12BrFN2OS2. The Bertz CT molecular complexity index is 852. The van der Waals surface area contributed by atoms with Crippen LogP contribution < -0.4 is 5.32 Å². The Kier molecular flexibility index (Phi) is 5.65. The fourth-order valence-electron chi connectivity index (χ4n) is 1.97. The van der Waals surface area contributed by atoms with Gasteiger partial charge in [-0.1, -0.05) is 33.8 Å². The van der Waals surface area contributed by atoms with Crippen molar-refractivity contribution in [2.45, 2.75) is 4.34 Å². The summed E-state index contributed by atoms with van der Waals surface area (Å²) in [4.78, 5) is 16.5. The van der Waals surface area contributed by atoms with E-state index in [0.717, 1.165) is 25.8 Å². The zero-order chi connectivity index (χ0) is 16.9. The van der Waals surface area contributed by atoms with Crippen molar-refractivity contribution in [3.8, 4) is 11.3 Å². The molecule has 0 aliphatic heterocycles. The maximum atomic E-state index is 13.0. The lowest BCUT2D eigenvalue weighted by Crippen LogP contribution is -2.13. The number of nitrogens with zero attached hydrogens (tertiary/aromatic N) is 1. The zero-order valence-corrected chi connectivity index (χ0v) is 15.6. The molecule has 0 aliphatic rings. The van der Waals surface area contributed by atoms with Crippen LogP contribution in [0.3, 0.4) is 0 Å². The molecule has 0 aliphatic carbocycles. The van der Waals surface area contributed by atoms with E-state index in [1.807, 2.05) is 29.6 Å². The van der Waals surface area contributed by atoms with Crippen molar-refractivity contribution in [1.29, 1.82) is 0 Å². The Hall–Kier alpha value is -1.70. The third-order valence-corrected chi connectivity index (χ3v) is 5.57. The molecule has 24 heavy (non-hydrogen) atoms. The highest BCUT2D eigenvalue weighted by Gasteiger charge is 2.09. The van der Waals surface area contributed by atoms with E-state index in [0.29, 0.717) is 0 Å². The number of hydrogen-bond donors (Lipinski definition) is 1. The van der Waals surface area contributed by atoms with Gasteiger partial charge in [-0.15, -0.1) is 11.3 Å². The van der Waals surface area contributed by atoms with Gasteiger partial charge in [0.25, 0.3) is 0 Å². The highest BCUT2D eigenvalue weighted by molar-refractivity contribution is 9.10. The first-order valence-corrected chi connectivity index (χ1v) is 9.66. The van der Waals surface area contributed by atoms with Gasteiger partial charge >= 0.3 is 0 Å². The van der Waals surface area contributed by atoms with E-state index < -0.39 is 0 Å². The number of carbonyl (C=O) groups is 1. The normalized spacial score (nSPS) is 10.6. The lowest BCUT2D eigenvalue weighted by molar-refractivity contribution is -0.113. The molecule has 122 valence electrons. The van der Waals surface area contributed by atoms with Crippen LogP contribution in [0.5, 0.6) is 0 Å². The molecule has 0 saturated heterocycles. The van der Waals surface area contributed by atoms with Crippen LogP contribution in [0.25, 0.3) is 11.3 Å². The van der Waals surface area contributed by atoms with Gasteiger partial charge in [-0.3, -0.25) is 4.79 Å². The maximum Gasteiger partial charge on any atom is 0.234 e. The Morgan fingerprint density at radius 3 is 2.79 bits per heavy atom. The zero-order valence-electron chi connectivity index (χ0n) is 12.3. The van der Waals surface area contributed by atoms with E-state index in [1.54, 1.807) is 12.1 Å². The predicted molar refractivity (Wildman–Crippen MR) is 101 cm³/mol. The van der Waals surface area contributed by atoms with Crippen molar-refractivity contribution >= 4 is 50.6 Å². The molecule has 1 heterocycles. The topological polar surface area (TPSA) is 42.0 Å². The molecule has 0 spiro atoms. The first kappa shape index (κ1) is 17.1. The molecule has 2 aromatic carbocycles. The molecule has 0 unspecified atom stereocenters. The van der Waals surface area contributed by atoms with Crippen LogP contribution in [0.4, 0.5) is 10.1 Å². The van der Waals surface area contributed by atoms with Crippen LogP contribution in [0.2, 0.25) is 0 Å². The molecular weight excluding hydrogens is 411 g/mol. The lowest BCUT2D eigenvalue weighted by Gasteiger charge is -2.04. The summed E-state index contributed by atoms with van der Waals surface area (Å²) in [6.45, 7) is 0. The van der Waals surface area contributed by atoms with E-state index in [1.165, 1.54) is 35.2 Å². The number of hydrogen-bond acceptors (Lipinski definition) is 4. The van der Waals surface area contributed by atoms with Crippen LogP contribution in [-0.2, 0) is 4.79 Å². The number of anilines is 1. The van der Waals surface area contributed by atoms with Crippen LogP contribution in [0.1, 0.15) is 0 Å². The molecule has 3 nitrogen and oxygen atoms in total. The van der Waals surface area contributed by atoms with Gasteiger partial charge in [0.2, 0.25) is 5.91 Å². The average Bonchev–Trinajstić information content (AvgIpc) is 3.03. The monoisotopic (exact) mass is 422 g/mol. The Balaban J connectivity index is 1.57. The fraction of sp³-hybridized carbons (Fsp3) is 0.0588. The van der Waals surface area contributed by atoms with Crippen molar-refractivity contribution in [2.24, 2.45) is 0 Å². The van der Waals surface area contributed by atoms with E-state index in [4.69, 9.17) is 0 Å². The average molecular weight is 423 g/mol. The number of benzene rings is 2. The predicted octanol–water partition coefficient (Wildman–Crippen LogP) is 5.44. The second kappa shape index (κ2) is 7.92. The van der Waals surface area contributed by atoms with Crippen LogP contribution in [0, 0.1) is 5.82 Å². The van der Waals surface area contributed by atoms with Gasteiger partial charge < -0.3 is 5.32 Å². The molecule has 0 saturated carbocycles. The fourth-order valence-corrected chi connectivity index (χ4v) is 4.00. The van der Waals surface area contributed by atoms with Gasteiger partial charge in [0.05, 0.1) is 11.4 Å². The van der Waals surface area contributed by atoms with Crippen molar-refractivity contribution in [3.05, 3.63) is 64.2 Å². The molecule has 3 aromatic rings. The molecule has 0 atom stereocenters. The molecule has 1 amide bonds. The summed E-state index contributed by atoms with van der Waals surface area (Å²) in [7, 11) is 0. The molecule has 0 bridgehead atoms. The second-order valence-electron chi connectivity index (χ2n) is 4.85. The van der Waals surface area contributed by atoms with Gasteiger partial charge in [0.15, 0.2) is 4.34 Å². The van der Waals surface area contributed by atoms with E-state index in [9.17, 15) is 9.18 Å². The van der Waals surface area contributed by atoms with Gasteiger partial charge in [0, 0.05) is 21.1 Å². The number of nitrogens with one attached hydrogen (secondary N) is 1. The molecule has 1 N–H and O–H groups in total. The van der Waals surface area contributed by atoms with Crippen molar-refractivity contribution in [2.75, 3.05) is 11.1 Å². The molecule has 0 fully saturated rings. The number of rotatable bonds is 5. The SMILES string of the molecule is O=C(CSc1nc(-c2ccc(F)cc2)cs1)Nc1cccc(Br)c1. The van der Waals surface area contributed by atoms with Gasteiger partial charge in [-0.25, -0.2) is 9.37 Å². The molecule has 7 heteroatoms. The number of carbonyl (C=O) groups excluding carboxylic acids is 1. The van der Waals surface area contributed by atoms with E-state index >= 15 is 0 Å². The number of thioether (sulfide) groups is 1. The standard InChI is InChI=1S/C17H12BrFN2OS2/c18-12-2-1-3-14(8-12)20-16(22)10-24-17-21-15(9-23-17)11-4-6-13(19)7-5-11/h1-9H,10H2,(H,20,22). The minimum absolute atomic E-state index is 0.0865. The number of aromatic nitrogens is 1. The number of halogens is 2. The Morgan fingerprint density at radius 1 is 1.25 bits per heavy atom. The lowest BCUT2D eigenvalue weighted by atomic mass is 10.2. The van der Waals surface area contributed by atoms with Crippen LogP contribution in [0.15, 0.2) is 62.7 Å². The quantitative estimate of drug-likeness (QED) is 0.556. The third-order valence-electron chi connectivity index (χ3n) is 3.06. The Morgan fingerprint density at radius 2 is 2.04 bits per heavy atom. The summed E-state index contributed by atoms with van der Waals surface area (Å²) in [6, 6.07) is 13.7. The summed E-state index contributed by atoms with van der Waals surface area (Å²) in [5, 5.41) is 4.75. The van der Waals surface area contributed by atoms with Crippen LogP contribution >= 0.6 is 39.0 Å². The summed E-state index contributed by atoms with van der Waals surface area (Å²) >= 11 is 6.22. The molecule has 3 rings (SSSR count). The van der Waals surface area contributed by atoms with Gasteiger partial charge in [0.1, 0.15) is 5.82 Å².